The molecule has 6 nitrogen and oxygen atoms in total. The van der Waals surface area contributed by atoms with Gasteiger partial charge in [-0.05, 0) is 85.8 Å². The van der Waals surface area contributed by atoms with Gasteiger partial charge in [0.25, 0.3) is 5.91 Å². The second-order valence-electron chi connectivity index (χ2n) is 7.16. The number of rotatable bonds is 5. The molecule has 2 aromatic carbocycles. The minimum Gasteiger partial charge on any atom is -0.497 e. The predicted molar refractivity (Wildman–Crippen MR) is 131 cm³/mol. The molecular formula is C24H22ClN3O3S. The molecule has 0 radical (unpaired) electrons. The van der Waals surface area contributed by atoms with Crippen molar-refractivity contribution in [3.63, 3.8) is 0 Å². The van der Waals surface area contributed by atoms with E-state index in [1.165, 1.54) is 11.8 Å². The van der Waals surface area contributed by atoms with Gasteiger partial charge in [-0.2, -0.15) is 0 Å². The average Bonchev–Trinajstić information content (AvgIpc) is 3.26. The molecule has 1 aromatic heterocycles. The monoisotopic (exact) mass is 467 g/mol. The molecule has 3 aromatic rings. The van der Waals surface area contributed by atoms with Crippen molar-refractivity contribution in [3.8, 4) is 17.2 Å². The fourth-order valence-electron chi connectivity index (χ4n) is 3.54. The van der Waals surface area contributed by atoms with Gasteiger partial charge in [-0.1, -0.05) is 11.6 Å². The highest BCUT2D eigenvalue weighted by Crippen LogP contribution is 2.34. The number of ether oxygens (including phenoxy) is 2. The van der Waals surface area contributed by atoms with Gasteiger partial charge in [0.1, 0.15) is 17.2 Å². The quantitative estimate of drug-likeness (QED) is 0.492. The van der Waals surface area contributed by atoms with Gasteiger partial charge in [0.15, 0.2) is 5.17 Å². The Bertz CT molecular complexity index is 1250. The second-order valence-corrected chi connectivity index (χ2v) is 8.62. The molecule has 1 N–H and O–H groups in total. The van der Waals surface area contributed by atoms with Crippen molar-refractivity contribution in [3.05, 3.63) is 75.4 Å². The number of hydrogen-bond acceptors (Lipinski definition) is 5. The maximum absolute atomic E-state index is 12.6. The third-order valence-electron chi connectivity index (χ3n) is 5.10. The van der Waals surface area contributed by atoms with E-state index in [4.69, 9.17) is 21.1 Å². The van der Waals surface area contributed by atoms with Gasteiger partial charge >= 0.3 is 0 Å². The number of amides is 1. The number of aliphatic imine (C=N–C) groups is 1. The summed E-state index contributed by atoms with van der Waals surface area (Å²) < 4.78 is 12.7. The smallest absolute Gasteiger partial charge is 0.264 e. The fraction of sp³-hybridized carbons (Fsp3) is 0.167. The van der Waals surface area contributed by atoms with E-state index < -0.39 is 0 Å². The summed E-state index contributed by atoms with van der Waals surface area (Å²) in [4.78, 5) is 17.7. The van der Waals surface area contributed by atoms with Crippen LogP contribution in [0.2, 0.25) is 5.02 Å². The SMILES string of the molecule is COc1ccc(-n2c(C)cc(/C=C3\SC(=Nc4cc(Cl)ccc4OC)NC3=O)c2C)cc1. The van der Waals surface area contributed by atoms with Gasteiger partial charge in [-0.25, -0.2) is 4.99 Å². The van der Waals surface area contributed by atoms with Crippen LogP contribution in [-0.2, 0) is 4.79 Å². The molecule has 0 atom stereocenters. The number of aryl methyl sites for hydroxylation is 1. The fourth-order valence-corrected chi connectivity index (χ4v) is 4.54. The van der Waals surface area contributed by atoms with E-state index in [1.807, 2.05) is 44.2 Å². The van der Waals surface area contributed by atoms with Crippen molar-refractivity contribution in [1.82, 2.24) is 9.88 Å². The molecular weight excluding hydrogens is 446 g/mol. The second kappa shape index (κ2) is 9.14. The lowest BCUT2D eigenvalue weighted by Crippen LogP contribution is -2.19. The lowest BCUT2D eigenvalue weighted by atomic mass is 10.2. The van der Waals surface area contributed by atoms with Crippen LogP contribution in [0.25, 0.3) is 11.8 Å². The van der Waals surface area contributed by atoms with Crippen LogP contribution in [-0.4, -0.2) is 29.9 Å². The zero-order valence-corrected chi connectivity index (χ0v) is 19.7. The summed E-state index contributed by atoms with van der Waals surface area (Å²) in [7, 11) is 3.22. The Kier molecular flexibility index (Phi) is 6.30. The van der Waals surface area contributed by atoms with Crippen LogP contribution in [0.1, 0.15) is 17.0 Å². The van der Waals surface area contributed by atoms with Crippen LogP contribution in [0.15, 0.2) is 58.4 Å². The number of aromatic nitrogens is 1. The molecule has 0 aliphatic carbocycles. The summed E-state index contributed by atoms with van der Waals surface area (Å²) in [5, 5.41) is 3.84. The molecule has 0 saturated carbocycles. The molecule has 4 rings (SSSR count). The summed E-state index contributed by atoms with van der Waals surface area (Å²) in [5.74, 6) is 1.20. The first-order valence-corrected chi connectivity index (χ1v) is 11.1. The largest absolute Gasteiger partial charge is 0.497 e. The summed E-state index contributed by atoms with van der Waals surface area (Å²) >= 11 is 7.37. The van der Waals surface area contributed by atoms with Crippen molar-refractivity contribution in [2.45, 2.75) is 13.8 Å². The highest BCUT2D eigenvalue weighted by molar-refractivity contribution is 8.18. The Hall–Kier alpha value is -3.16. The van der Waals surface area contributed by atoms with E-state index >= 15 is 0 Å². The Morgan fingerprint density at radius 3 is 2.50 bits per heavy atom. The zero-order chi connectivity index (χ0) is 22.8. The van der Waals surface area contributed by atoms with Crippen LogP contribution in [0.5, 0.6) is 11.5 Å². The number of carbonyl (C=O) groups is 1. The first kappa shape index (κ1) is 22.0. The van der Waals surface area contributed by atoms with Crippen LogP contribution < -0.4 is 14.8 Å². The minimum atomic E-state index is -0.191. The summed E-state index contributed by atoms with van der Waals surface area (Å²) in [6.45, 7) is 4.08. The van der Waals surface area contributed by atoms with Crippen molar-refractivity contribution in [2.24, 2.45) is 4.99 Å². The highest BCUT2D eigenvalue weighted by atomic mass is 35.5. The number of nitrogens with zero attached hydrogens (tertiary/aromatic N) is 2. The maximum Gasteiger partial charge on any atom is 0.264 e. The summed E-state index contributed by atoms with van der Waals surface area (Å²) in [6, 6.07) is 15.1. The molecule has 1 aliphatic heterocycles. The van der Waals surface area contributed by atoms with E-state index in [0.29, 0.717) is 26.5 Å². The third kappa shape index (κ3) is 4.40. The standard InChI is InChI=1S/C24H22ClN3O3S/c1-14-11-16(15(2)28(14)18-6-8-19(30-3)9-7-18)12-22-23(29)27-24(32-22)26-20-13-17(25)5-10-21(20)31-4/h5-13H,1-4H3,(H,26,27,29)/b22-12-. The van der Waals surface area contributed by atoms with E-state index in [0.717, 1.165) is 28.4 Å². The number of halogens is 1. The first-order chi connectivity index (χ1) is 15.4. The van der Waals surface area contributed by atoms with Crippen LogP contribution in [0.4, 0.5) is 5.69 Å². The van der Waals surface area contributed by atoms with Crippen molar-refractivity contribution >= 4 is 46.2 Å². The zero-order valence-electron chi connectivity index (χ0n) is 18.1. The Morgan fingerprint density at radius 1 is 1.06 bits per heavy atom. The Labute approximate surface area is 195 Å². The van der Waals surface area contributed by atoms with Gasteiger partial charge in [0, 0.05) is 22.1 Å². The van der Waals surface area contributed by atoms with Crippen LogP contribution >= 0.6 is 23.4 Å². The topological polar surface area (TPSA) is 64.8 Å². The van der Waals surface area contributed by atoms with Crippen molar-refractivity contribution in [1.29, 1.82) is 0 Å². The van der Waals surface area contributed by atoms with E-state index in [9.17, 15) is 4.79 Å². The number of carbonyl (C=O) groups excluding carboxylic acids is 1. The number of hydrogen-bond donors (Lipinski definition) is 1. The van der Waals surface area contributed by atoms with Crippen LogP contribution in [0.3, 0.4) is 0 Å². The molecule has 1 amide bonds. The molecule has 1 saturated heterocycles. The molecule has 2 heterocycles. The van der Waals surface area contributed by atoms with Gasteiger partial charge < -0.3 is 19.4 Å². The lowest BCUT2D eigenvalue weighted by molar-refractivity contribution is -0.115. The number of benzene rings is 2. The molecule has 1 aliphatic rings. The molecule has 0 unspecified atom stereocenters. The Morgan fingerprint density at radius 2 is 1.81 bits per heavy atom. The van der Waals surface area contributed by atoms with Gasteiger partial charge in [-0.3, -0.25) is 4.79 Å². The minimum absolute atomic E-state index is 0.191. The predicted octanol–water partition coefficient (Wildman–Crippen LogP) is 5.66. The van der Waals surface area contributed by atoms with Crippen molar-refractivity contribution < 1.29 is 14.3 Å². The van der Waals surface area contributed by atoms with Crippen LogP contribution in [0, 0.1) is 13.8 Å². The number of nitrogens with one attached hydrogen (secondary N) is 1. The molecule has 1 fully saturated rings. The molecule has 0 bridgehead atoms. The van der Waals surface area contributed by atoms with Gasteiger partial charge in [-0.15, -0.1) is 0 Å². The highest BCUT2D eigenvalue weighted by Gasteiger charge is 2.25. The van der Waals surface area contributed by atoms with E-state index in [2.05, 4.69) is 20.9 Å². The van der Waals surface area contributed by atoms with E-state index in [1.54, 1.807) is 32.4 Å². The molecule has 32 heavy (non-hydrogen) atoms. The summed E-state index contributed by atoms with van der Waals surface area (Å²) in [5.41, 5.74) is 4.67. The van der Waals surface area contributed by atoms with Gasteiger partial charge in [0.05, 0.1) is 19.1 Å². The lowest BCUT2D eigenvalue weighted by Gasteiger charge is -2.10. The normalized spacial score (nSPS) is 16.0. The summed E-state index contributed by atoms with van der Waals surface area (Å²) in [6.07, 6.45) is 1.89. The van der Waals surface area contributed by atoms with Crippen molar-refractivity contribution in [2.75, 3.05) is 14.2 Å². The Balaban J connectivity index is 1.64. The first-order valence-electron chi connectivity index (χ1n) is 9.86. The number of amidine groups is 1. The molecule has 164 valence electrons. The number of thioether (sulfide) groups is 1. The number of methoxy groups -OCH3 is 2. The average molecular weight is 468 g/mol. The molecule has 0 spiro atoms. The van der Waals surface area contributed by atoms with Gasteiger partial charge in [0.2, 0.25) is 0 Å². The third-order valence-corrected chi connectivity index (χ3v) is 6.25. The van der Waals surface area contributed by atoms with E-state index in [-0.39, 0.29) is 5.91 Å². The maximum atomic E-state index is 12.6. The molecule has 8 heteroatoms.